The average molecular weight is 309 g/mol. The number of nitrogens with one attached hydrogen (secondary N) is 1. The van der Waals surface area contributed by atoms with Crippen LogP contribution in [0.4, 0.5) is 0 Å². The molecular formula is C16H15N5O2. The van der Waals surface area contributed by atoms with Crippen molar-refractivity contribution < 1.29 is 9.90 Å². The van der Waals surface area contributed by atoms with E-state index in [1.807, 2.05) is 24.3 Å². The van der Waals surface area contributed by atoms with Crippen molar-refractivity contribution in [3.05, 3.63) is 54.6 Å². The van der Waals surface area contributed by atoms with Crippen LogP contribution in [0, 0.1) is 0 Å². The fraction of sp³-hybridized carbons (Fsp3) is 0.250. The van der Waals surface area contributed by atoms with E-state index in [4.69, 9.17) is 0 Å². The first-order chi connectivity index (χ1) is 11.2. The quantitative estimate of drug-likeness (QED) is 0.751. The molecule has 1 aliphatic rings. The number of aromatic nitrogens is 4. The normalized spacial score (nSPS) is 23.4. The Labute approximate surface area is 132 Å². The Morgan fingerprint density at radius 2 is 2.09 bits per heavy atom. The number of carbonyl (C=O) groups is 1. The van der Waals surface area contributed by atoms with Crippen LogP contribution in [0.1, 0.15) is 23.0 Å². The molecule has 7 heteroatoms. The number of aliphatic hydroxyl groups is 1. The van der Waals surface area contributed by atoms with Crippen LogP contribution in [0.5, 0.6) is 0 Å². The zero-order valence-electron chi connectivity index (χ0n) is 12.2. The number of fused-ring (bicyclic) bond motifs is 1. The molecule has 0 unspecified atom stereocenters. The van der Waals surface area contributed by atoms with E-state index in [1.165, 1.54) is 6.20 Å². The number of rotatable bonds is 3. The molecule has 23 heavy (non-hydrogen) atoms. The standard InChI is InChI=1S/C16H15N5O2/c22-14-8-12(15(14)21-7-3-6-18-21)20-16(23)13-9-17-10-4-1-2-5-11(10)19-13/h1-7,9,12,14-15,22H,8H2,(H,20,23)/t12-,14+,15+/m0/s1. The molecule has 1 amide bonds. The van der Waals surface area contributed by atoms with Crippen molar-refractivity contribution in [3.63, 3.8) is 0 Å². The second kappa shape index (κ2) is 5.44. The second-order valence-electron chi connectivity index (χ2n) is 5.60. The SMILES string of the molecule is O=C(N[C@H]1C[C@@H](O)[C@@H]1n1cccn1)c1cnc2ccccc2n1. The van der Waals surface area contributed by atoms with E-state index >= 15 is 0 Å². The molecule has 0 bridgehead atoms. The van der Waals surface area contributed by atoms with E-state index in [1.54, 1.807) is 23.1 Å². The van der Waals surface area contributed by atoms with Gasteiger partial charge in [-0.3, -0.25) is 14.5 Å². The van der Waals surface area contributed by atoms with Gasteiger partial charge in [-0.05, 0) is 24.6 Å². The molecule has 0 saturated heterocycles. The number of hydrogen-bond acceptors (Lipinski definition) is 5. The molecule has 1 aromatic carbocycles. The third-order valence-corrected chi connectivity index (χ3v) is 4.13. The van der Waals surface area contributed by atoms with E-state index in [9.17, 15) is 9.90 Å². The molecule has 0 spiro atoms. The maximum Gasteiger partial charge on any atom is 0.271 e. The van der Waals surface area contributed by atoms with Gasteiger partial charge in [-0.15, -0.1) is 0 Å². The van der Waals surface area contributed by atoms with E-state index in [0.717, 1.165) is 5.52 Å². The van der Waals surface area contributed by atoms with Gasteiger partial charge in [0.15, 0.2) is 0 Å². The number of nitrogens with zero attached hydrogens (tertiary/aromatic N) is 4. The minimum absolute atomic E-state index is 0.175. The summed E-state index contributed by atoms with van der Waals surface area (Å²) in [6.45, 7) is 0. The van der Waals surface area contributed by atoms with Gasteiger partial charge in [0, 0.05) is 12.4 Å². The van der Waals surface area contributed by atoms with Gasteiger partial charge in [-0.2, -0.15) is 5.10 Å². The van der Waals surface area contributed by atoms with Gasteiger partial charge < -0.3 is 10.4 Å². The van der Waals surface area contributed by atoms with Crippen LogP contribution in [0.3, 0.4) is 0 Å². The predicted octanol–water partition coefficient (Wildman–Crippen LogP) is 0.931. The first-order valence-corrected chi connectivity index (χ1v) is 7.42. The van der Waals surface area contributed by atoms with Gasteiger partial charge in [0.1, 0.15) is 5.69 Å². The molecule has 2 aromatic heterocycles. The molecule has 3 aromatic rings. The zero-order valence-corrected chi connectivity index (χ0v) is 12.2. The first-order valence-electron chi connectivity index (χ1n) is 7.42. The number of benzene rings is 1. The third kappa shape index (κ3) is 2.44. The van der Waals surface area contributed by atoms with Crippen LogP contribution in [0.25, 0.3) is 11.0 Å². The molecule has 4 rings (SSSR count). The summed E-state index contributed by atoms with van der Waals surface area (Å²) in [5.74, 6) is -0.294. The lowest BCUT2D eigenvalue weighted by molar-refractivity contribution is -0.00595. The summed E-state index contributed by atoms with van der Waals surface area (Å²) >= 11 is 0. The van der Waals surface area contributed by atoms with Gasteiger partial charge in [0.05, 0.1) is 35.4 Å². The van der Waals surface area contributed by atoms with Crippen LogP contribution < -0.4 is 5.32 Å². The predicted molar refractivity (Wildman–Crippen MR) is 82.7 cm³/mol. The summed E-state index contributed by atoms with van der Waals surface area (Å²) in [5, 5.41) is 17.0. The van der Waals surface area contributed by atoms with Crippen molar-refractivity contribution in [2.75, 3.05) is 0 Å². The van der Waals surface area contributed by atoms with E-state index in [2.05, 4.69) is 20.4 Å². The fourth-order valence-electron chi connectivity index (χ4n) is 2.88. The van der Waals surface area contributed by atoms with Crippen molar-refractivity contribution >= 4 is 16.9 Å². The topological polar surface area (TPSA) is 92.9 Å². The minimum atomic E-state index is -0.511. The Bertz CT molecular complexity index is 849. The maximum atomic E-state index is 12.4. The summed E-state index contributed by atoms with van der Waals surface area (Å²) in [6, 6.07) is 8.76. The van der Waals surface area contributed by atoms with Gasteiger partial charge >= 0.3 is 0 Å². The summed E-state index contributed by atoms with van der Waals surface area (Å²) in [7, 11) is 0. The minimum Gasteiger partial charge on any atom is -0.391 e. The molecule has 1 fully saturated rings. The molecule has 3 atom stereocenters. The van der Waals surface area contributed by atoms with Crippen LogP contribution in [-0.4, -0.2) is 42.9 Å². The van der Waals surface area contributed by atoms with Crippen molar-refractivity contribution in [1.29, 1.82) is 0 Å². The highest BCUT2D eigenvalue weighted by Gasteiger charge is 2.42. The molecule has 7 nitrogen and oxygen atoms in total. The van der Waals surface area contributed by atoms with Crippen LogP contribution in [-0.2, 0) is 0 Å². The molecule has 0 aliphatic heterocycles. The Balaban J connectivity index is 1.53. The van der Waals surface area contributed by atoms with E-state index in [-0.39, 0.29) is 23.7 Å². The molecule has 1 saturated carbocycles. The van der Waals surface area contributed by atoms with E-state index in [0.29, 0.717) is 11.9 Å². The molecular weight excluding hydrogens is 294 g/mol. The fourth-order valence-corrected chi connectivity index (χ4v) is 2.88. The van der Waals surface area contributed by atoms with Crippen LogP contribution in [0.2, 0.25) is 0 Å². The van der Waals surface area contributed by atoms with Gasteiger partial charge in [-0.1, -0.05) is 12.1 Å². The zero-order chi connectivity index (χ0) is 15.8. The molecule has 0 radical (unpaired) electrons. The Morgan fingerprint density at radius 1 is 1.26 bits per heavy atom. The van der Waals surface area contributed by atoms with Crippen LogP contribution >= 0.6 is 0 Å². The monoisotopic (exact) mass is 309 g/mol. The lowest BCUT2D eigenvalue weighted by Gasteiger charge is -2.41. The summed E-state index contributed by atoms with van der Waals surface area (Å²) in [4.78, 5) is 21.0. The number of para-hydroxylation sites is 2. The van der Waals surface area contributed by atoms with Crippen molar-refractivity contribution in [2.45, 2.75) is 24.6 Å². The highest BCUT2D eigenvalue weighted by molar-refractivity contribution is 5.94. The number of amides is 1. The Morgan fingerprint density at radius 3 is 2.83 bits per heavy atom. The summed E-state index contributed by atoms with van der Waals surface area (Å²) in [5.41, 5.74) is 1.69. The first kappa shape index (κ1) is 13.8. The maximum absolute atomic E-state index is 12.4. The van der Waals surface area contributed by atoms with Gasteiger partial charge in [0.2, 0.25) is 0 Å². The average Bonchev–Trinajstić information content (AvgIpc) is 3.07. The lowest BCUT2D eigenvalue weighted by atomic mass is 9.83. The van der Waals surface area contributed by atoms with Crippen molar-refractivity contribution in [1.82, 2.24) is 25.1 Å². The van der Waals surface area contributed by atoms with Crippen molar-refractivity contribution in [3.8, 4) is 0 Å². The lowest BCUT2D eigenvalue weighted by Crippen LogP contribution is -2.56. The molecule has 1 aliphatic carbocycles. The van der Waals surface area contributed by atoms with Gasteiger partial charge in [0.25, 0.3) is 5.91 Å². The Hall–Kier alpha value is -2.80. The largest absolute Gasteiger partial charge is 0.391 e. The number of aliphatic hydroxyl groups excluding tert-OH is 1. The van der Waals surface area contributed by atoms with E-state index < -0.39 is 6.10 Å². The third-order valence-electron chi connectivity index (χ3n) is 4.13. The van der Waals surface area contributed by atoms with Gasteiger partial charge in [-0.25, -0.2) is 4.98 Å². The highest BCUT2D eigenvalue weighted by atomic mass is 16.3. The summed E-state index contributed by atoms with van der Waals surface area (Å²) < 4.78 is 1.67. The highest BCUT2D eigenvalue weighted by Crippen LogP contribution is 2.32. The molecule has 2 heterocycles. The van der Waals surface area contributed by atoms with Crippen molar-refractivity contribution in [2.24, 2.45) is 0 Å². The van der Waals surface area contributed by atoms with Crippen LogP contribution in [0.15, 0.2) is 48.9 Å². The second-order valence-corrected chi connectivity index (χ2v) is 5.60. The summed E-state index contributed by atoms with van der Waals surface area (Å²) in [6.07, 6.45) is 4.89. The molecule has 116 valence electrons. The smallest absolute Gasteiger partial charge is 0.271 e. The molecule has 2 N–H and O–H groups in total. The number of carbonyl (C=O) groups excluding carboxylic acids is 1. The Kier molecular flexibility index (Phi) is 3.27. The number of hydrogen-bond donors (Lipinski definition) is 2.